The van der Waals surface area contributed by atoms with Gasteiger partial charge in [0.25, 0.3) is 0 Å². The Morgan fingerprint density at radius 2 is 1.91 bits per heavy atom. The van der Waals surface area contributed by atoms with Gasteiger partial charge in [0.15, 0.2) is 5.69 Å². The molecule has 2 amide bonds. The number of carbonyl (C=O) groups excluding carboxylic acids is 2. The van der Waals surface area contributed by atoms with E-state index >= 15 is 4.39 Å². The van der Waals surface area contributed by atoms with Crippen molar-refractivity contribution < 1.29 is 31.9 Å². The number of amides is 2. The van der Waals surface area contributed by atoms with E-state index in [0.717, 1.165) is 17.2 Å². The molecule has 0 aliphatic carbocycles. The highest BCUT2D eigenvalue weighted by atomic mass is 32.1. The molecule has 0 spiro atoms. The Morgan fingerprint density at radius 3 is 2.55 bits per heavy atom. The number of carbonyl (C=O) groups is 2. The van der Waals surface area contributed by atoms with Gasteiger partial charge < -0.3 is 14.5 Å². The highest BCUT2D eigenvalue weighted by Crippen LogP contribution is 2.45. The predicted molar refractivity (Wildman–Crippen MR) is 169 cm³/mol. The van der Waals surface area contributed by atoms with Crippen LogP contribution < -0.4 is 0 Å². The number of likely N-dealkylation sites (tertiary alicyclic amines) is 1. The van der Waals surface area contributed by atoms with Crippen LogP contribution in [0.25, 0.3) is 11.1 Å². The number of rotatable bonds is 6. The Bertz CT molecular complexity index is 1730. The van der Waals surface area contributed by atoms with Crippen LogP contribution in [0.2, 0.25) is 0 Å². The van der Waals surface area contributed by atoms with Gasteiger partial charge in [-0.3, -0.25) is 9.48 Å². The van der Waals surface area contributed by atoms with Crippen LogP contribution in [0.4, 0.5) is 22.4 Å². The fourth-order valence-electron chi connectivity index (χ4n) is 6.26. The van der Waals surface area contributed by atoms with E-state index in [1.54, 1.807) is 55.7 Å². The lowest BCUT2D eigenvalue weighted by Gasteiger charge is -2.33. The number of nitriles is 1. The van der Waals surface area contributed by atoms with Gasteiger partial charge in [-0.2, -0.15) is 23.5 Å². The number of nitrogens with zero attached hydrogens (tertiary/aromatic N) is 5. The molecule has 1 fully saturated rings. The summed E-state index contributed by atoms with van der Waals surface area (Å²) in [6.07, 6.45) is 0.546. The molecule has 0 bridgehead atoms. The van der Waals surface area contributed by atoms with E-state index < -0.39 is 35.3 Å². The van der Waals surface area contributed by atoms with Gasteiger partial charge in [-0.05, 0) is 63.3 Å². The molecule has 0 unspecified atom stereocenters. The van der Waals surface area contributed by atoms with Gasteiger partial charge in [-0.15, -0.1) is 11.3 Å². The predicted octanol–water partition coefficient (Wildman–Crippen LogP) is 7.73. The molecule has 13 heteroatoms. The molecule has 1 aromatic carbocycles. The molecule has 0 N–H and O–H groups in total. The Hall–Kier alpha value is -4.18. The van der Waals surface area contributed by atoms with Gasteiger partial charge in [0, 0.05) is 53.8 Å². The molecule has 47 heavy (non-hydrogen) atoms. The third kappa shape index (κ3) is 7.22. The van der Waals surface area contributed by atoms with Crippen molar-refractivity contribution in [2.24, 2.45) is 5.92 Å². The van der Waals surface area contributed by atoms with Crippen LogP contribution >= 0.6 is 11.3 Å². The summed E-state index contributed by atoms with van der Waals surface area (Å²) >= 11 is 1.19. The SMILES string of the molecule is CC[C@@H]1C[C@@H](/C=C/C(=O)N2Cc3sc(C#N)cc3[C@H](c3cccc(F)c3-c3cn(CC)nc3C(F)(F)F)C2)N(C(=O)OC(C)(C)C)C1. The second-order valence-electron chi connectivity index (χ2n) is 12.9. The van der Waals surface area contributed by atoms with Crippen LogP contribution in [0.5, 0.6) is 0 Å². The van der Waals surface area contributed by atoms with Crippen LogP contribution in [0, 0.1) is 23.1 Å². The zero-order chi connectivity index (χ0) is 34.3. The Labute approximate surface area is 275 Å². The summed E-state index contributed by atoms with van der Waals surface area (Å²) < 4.78 is 64.8. The van der Waals surface area contributed by atoms with Crippen molar-refractivity contribution in [3.05, 3.63) is 75.0 Å². The largest absolute Gasteiger partial charge is 0.444 e. The first-order chi connectivity index (χ1) is 22.1. The number of hydrogen-bond donors (Lipinski definition) is 0. The number of aryl methyl sites for hydroxylation is 1. The molecular formula is C34H37F4N5O3S. The van der Waals surface area contributed by atoms with Gasteiger partial charge >= 0.3 is 12.3 Å². The average Bonchev–Trinajstić information content (AvgIpc) is 3.74. The normalized spacial score (nSPS) is 20.0. The second kappa shape index (κ2) is 13.1. The summed E-state index contributed by atoms with van der Waals surface area (Å²) in [5.41, 5.74) is -1.58. The molecule has 3 atom stereocenters. The molecule has 8 nitrogen and oxygen atoms in total. The minimum absolute atomic E-state index is 0.0372. The molecule has 0 saturated carbocycles. The Morgan fingerprint density at radius 1 is 1.17 bits per heavy atom. The third-order valence-electron chi connectivity index (χ3n) is 8.52. The van der Waals surface area contributed by atoms with Crippen LogP contribution in [-0.4, -0.2) is 56.3 Å². The van der Waals surface area contributed by atoms with Gasteiger partial charge in [0.05, 0.1) is 12.6 Å². The smallest absolute Gasteiger partial charge is 0.435 e. The molecule has 1 saturated heterocycles. The summed E-state index contributed by atoms with van der Waals surface area (Å²) in [6, 6.07) is 7.52. The first kappa shape index (κ1) is 34.2. The maximum atomic E-state index is 15.6. The molecule has 0 radical (unpaired) electrons. The van der Waals surface area contributed by atoms with Crippen molar-refractivity contribution in [3.8, 4) is 17.2 Å². The van der Waals surface area contributed by atoms with E-state index in [9.17, 15) is 28.0 Å². The Balaban J connectivity index is 1.51. The highest BCUT2D eigenvalue weighted by Gasteiger charge is 2.41. The summed E-state index contributed by atoms with van der Waals surface area (Å²) in [4.78, 5) is 30.9. The van der Waals surface area contributed by atoms with Crippen molar-refractivity contribution in [1.29, 1.82) is 5.26 Å². The van der Waals surface area contributed by atoms with E-state index in [1.165, 1.54) is 29.7 Å². The Kier molecular flexibility index (Phi) is 9.55. The van der Waals surface area contributed by atoms with Gasteiger partial charge in [0.2, 0.25) is 5.91 Å². The molecule has 2 aliphatic heterocycles. The number of benzene rings is 1. The van der Waals surface area contributed by atoms with Crippen LogP contribution in [0.3, 0.4) is 0 Å². The number of ether oxygens (including phenoxy) is 1. The first-order valence-electron chi connectivity index (χ1n) is 15.6. The van der Waals surface area contributed by atoms with E-state index in [2.05, 4.69) is 11.2 Å². The van der Waals surface area contributed by atoms with Crippen molar-refractivity contribution in [2.45, 2.75) is 84.3 Å². The van der Waals surface area contributed by atoms with Gasteiger partial charge in [-0.1, -0.05) is 31.6 Å². The fraction of sp³-hybridized carbons (Fsp3) is 0.471. The minimum Gasteiger partial charge on any atom is -0.444 e. The van der Waals surface area contributed by atoms with Crippen LogP contribution in [-0.2, 0) is 28.8 Å². The minimum atomic E-state index is -4.83. The van der Waals surface area contributed by atoms with Gasteiger partial charge in [0.1, 0.15) is 22.4 Å². The number of alkyl halides is 3. The molecule has 2 aliphatic rings. The standard InChI is InChI=1S/C34H37F4N5O3S/c1-6-20-13-21(43(16-20)32(45)46-33(3,4)5)11-12-29(44)41-17-25(24-14-22(15-39)47-28(24)19-41)23-9-8-10-27(35)30(23)26-18-42(7-2)40-31(26)34(36,37)38/h8-12,14,18,20-21,25H,6-7,13,16-17,19H2,1-5H3/b12-11+/t20-,21-,25+/m1/s1. The highest BCUT2D eigenvalue weighted by molar-refractivity contribution is 7.12. The number of fused-ring (bicyclic) bond motifs is 1. The number of thiophene rings is 1. The first-order valence-corrected chi connectivity index (χ1v) is 16.4. The van der Waals surface area contributed by atoms with Crippen molar-refractivity contribution in [3.63, 3.8) is 0 Å². The molecule has 4 heterocycles. The fourth-order valence-corrected chi connectivity index (χ4v) is 7.30. The van der Waals surface area contributed by atoms with E-state index in [-0.39, 0.29) is 54.2 Å². The van der Waals surface area contributed by atoms with Crippen LogP contribution in [0.1, 0.15) is 80.0 Å². The lowest BCUT2D eigenvalue weighted by atomic mass is 9.83. The third-order valence-corrected chi connectivity index (χ3v) is 9.56. The van der Waals surface area contributed by atoms with Crippen molar-refractivity contribution in [1.82, 2.24) is 19.6 Å². The lowest BCUT2D eigenvalue weighted by Crippen LogP contribution is -2.40. The maximum Gasteiger partial charge on any atom is 0.435 e. The second-order valence-corrected chi connectivity index (χ2v) is 14.0. The summed E-state index contributed by atoms with van der Waals surface area (Å²) in [5.74, 6) is -1.70. The van der Waals surface area contributed by atoms with Crippen molar-refractivity contribution in [2.75, 3.05) is 13.1 Å². The van der Waals surface area contributed by atoms with E-state index in [1.807, 2.05) is 6.92 Å². The average molecular weight is 672 g/mol. The maximum absolute atomic E-state index is 15.6. The molecule has 2 aromatic heterocycles. The van der Waals surface area contributed by atoms with Gasteiger partial charge in [-0.25, -0.2) is 9.18 Å². The van der Waals surface area contributed by atoms with E-state index in [0.29, 0.717) is 28.3 Å². The molecule has 250 valence electrons. The van der Waals surface area contributed by atoms with Crippen LogP contribution in [0.15, 0.2) is 42.6 Å². The molecule has 3 aromatic rings. The van der Waals surface area contributed by atoms with E-state index in [4.69, 9.17) is 4.74 Å². The van der Waals surface area contributed by atoms with Crippen molar-refractivity contribution >= 4 is 23.3 Å². The summed E-state index contributed by atoms with van der Waals surface area (Å²) in [5, 5.41) is 13.4. The molecular weight excluding hydrogens is 634 g/mol. The summed E-state index contributed by atoms with van der Waals surface area (Å²) in [6.45, 7) is 9.92. The quantitative estimate of drug-likeness (QED) is 0.198. The monoisotopic (exact) mass is 671 g/mol. The number of aromatic nitrogens is 2. The number of halogens is 4. The summed E-state index contributed by atoms with van der Waals surface area (Å²) in [7, 11) is 0. The zero-order valence-electron chi connectivity index (χ0n) is 26.9. The zero-order valence-corrected chi connectivity index (χ0v) is 27.7. The molecule has 5 rings (SSSR count). The lowest BCUT2D eigenvalue weighted by molar-refractivity contribution is -0.141. The topological polar surface area (TPSA) is 91.5 Å². The number of hydrogen-bond acceptors (Lipinski definition) is 6.